The van der Waals surface area contributed by atoms with Gasteiger partial charge in [0.2, 0.25) is 5.91 Å². The number of aryl methyl sites for hydroxylation is 1. The number of amides is 1. The summed E-state index contributed by atoms with van der Waals surface area (Å²) in [7, 11) is 0. The van der Waals surface area contributed by atoms with E-state index in [4.69, 9.17) is 0 Å². The van der Waals surface area contributed by atoms with Crippen molar-refractivity contribution in [2.75, 3.05) is 5.32 Å². The van der Waals surface area contributed by atoms with Crippen molar-refractivity contribution in [2.24, 2.45) is 5.41 Å². The lowest BCUT2D eigenvalue weighted by molar-refractivity contribution is -0.117. The van der Waals surface area contributed by atoms with Crippen LogP contribution in [0.2, 0.25) is 0 Å². The second kappa shape index (κ2) is 5.09. The largest absolute Gasteiger partial charge is 0.310 e. The van der Waals surface area contributed by atoms with Crippen LogP contribution >= 0.6 is 0 Å². The van der Waals surface area contributed by atoms with E-state index in [2.05, 4.69) is 37.1 Å². The van der Waals surface area contributed by atoms with Crippen molar-refractivity contribution >= 4 is 11.7 Å². The van der Waals surface area contributed by atoms with Crippen LogP contribution in [0.15, 0.2) is 12.3 Å². The van der Waals surface area contributed by atoms with Crippen LogP contribution in [0.3, 0.4) is 0 Å². The molecule has 3 heteroatoms. The van der Waals surface area contributed by atoms with Crippen LogP contribution in [-0.4, -0.2) is 10.9 Å². The summed E-state index contributed by atoms with van der Waals surface area (Å²) < 4.78 is 0. The Balaban J connectivity index is 2.12. The van der Waals surface area contributed by atoms with Crippen LogP contribution in [0.25, 0.3) is 0 Å². The number of pyridine rings is 1. The minimum absolute atomic E-state index is 0.0128. The van der Waals surface area contributed by atoms with Crippen molar-refractivity contribution in [3.05, 3.63) is 23.4 Å². The maximum absolute atomic E-state index is 12.0. The lowest BCUT2D eigenvalue weighted by atomic mass is 9.91. The highest BCUT2D eigenvalue weighted by Crippen LogP contribution is 2.27. The van der Waals surface area contributed by atoms with Crippen molar-refractivity contribution in [2.45, 2.75) is 52.9 Å². The summed E-state index contributed by atoms with van der Waals surface area (Å²) in [5.74, 6) is 0.843. The van der Waals surface area contributed by atoms with Gasteiger partial charge in [-0.15, -0.1) is 0 Å². The molecule has 18 heavy (non-hydrogen) atoms. The second-order valence-corrected chi connectivity index (χ2v) is 6.29. The van der Waals surface area contributed by atoms with Crippen molar-refractivity contribution < 1.29 is 4.79 Å². The molecule has 1 aliphatic carbocycles. The lowest BCUT2D eigenvalue weighted by Gasteiger charge is -2.20. The van der Waals surface area contributed by atoms with Gasteiger partial charge in [0.05, 0.1) is 0 Å². The molecule has 3 nitrogen and oxygen atoms in total. The van der Waals surface area contributed by atoms with Crippen LogP contribution in [0.5, 0.6) is 0 Å². The second-order valence-electron chi connectivity index (χ2n) is 6.29. The minimum Gasteiger partial charge on any atom is -0.310 e. The first-order chi connectivity index (χ1) is 8.46. The topological polar surface area (TPSA) is 42.0 Å². The third-order valence-corrected chi connectivity index (χ3v) is 3.22. The van der Waals surface area contributed by atoms with Gasteiger partial charge in [0.1, 0.15) is 5.82 Å². The summed E-state index contributed by atoms with van der Waals surface area (Å²) in [5, 5.41) is 2.98. The maximum atomic E-state index is 12.0. The number of hydrogen-bond donors (Lipinski definition) is 1. The van der Waals surface area contributed by atoms with Crippen LogP contribution in [0.1, 0.15) is 51.2 Å². The third-order valence-electron chi connectivity index (χ3n) is 3.22. The molecule has 0 aromatic carbocycles. The lowest BCUT2D eigenvalue weighted by Crippen LogP contribution is -2.21. The van der Waals surface area contributed by atoms with Crippen molar-refractivity contribution in [1.29, 1.82) is 0 Å². The Hall–Kier alpha value is -1.38. The predicted molar refractivity (Wildman–Crippen MR) is 73.6 cm³/mol. The standard InChI is InChI=1S/C15H22N2O/c1-15(2,3)10-13(18)17-14-12-7-5-4-6-11(12)8-9-16-14/h8-9H,4-7,10H2,1-3H3,(H,16,17,18). The molecule has 0 bridgehead atoms. The molecule has 98 valence electrons. The molecule has 1 aliphatic rings. The van der Waals surface area contributed by atoms with Crippen molar-refractivity contribution in [1.82, 2.24) is 4.98 Å². The normalized spacial score (nSPS) is 15.1. The third kappa shape index (κ3) is 3.31. The fraction of sp³-hybridized carbons (Fsp3) is 0.600. The summed E-state index contributed by atoms with van der Waals surface area (Å²) in [6.07, 6.45) is 6.91. The van der Waals surface area contributed by atoms with Gasteiger partial charge in [0.25, 0.3) is 0 Å². The summed E-state index contributed by atoms with van der Waals surface area (Å²) in [5.41, 5.74) is 2.60. The Morgan fingerprint density at radius 3 is 2.78 bits per heavy atom. The first kappa shape index (κ1) is 13.1. The first-order valence-electron chi connectivity index (χ1n) is 6.72. The average Bonchev–Trinajstić information content (AvgIpc) is 2.27. The van der Waals surface area contributed by atoms with Crippen LogP contribution in [-0.2, 0) is 17.6 Å². The van der Waals surface area contributed by atoms with E-state index in [9.17, 15) is 4.79 Å². The smallest absolute Gasteiger partial charge is 0.226 e. The van der Waals surface area contributed by atoms with E-state index < -0.39 is 0 Å². The number of aromatic nitrogens is 1. The van der Waals surface area contributed by atoms with Gasteiger partial charge >= 0.3 is 0 Å². The van der Waals surface area contributed by atoms with Gasteiger partial charge in [0.15, 0.2) is 0 Å². The van der Waals surface area contributed by atoms with Gasteiger partial charge in [-0.25, -0.2) is 4.98 Å². The monoisotopic (exact) mass is 246 g/mol. The summed E-state index contributed by atoms with van der Waals surface area (Å²) >= 11 is 0. The molecule has 0 aliphatic heterocycles. The molecular formula is C15H22N2O. The maximum Gasteiger partial charge on any atom is 0.226 e. The Bertz CT molecular complexity index is 446. The Morgan fingerprint density at radius 1 is 1.33 bits per heavy atom. The number of carbonyl (C=O) groups is 1. The Kier molecular flexibility index (Phi) is 3.69. The molecule has 0 saturated heterocycles. The Morgan fingerprint density at radius 2 is 2.06 bits per heavy atom. The summed E-state index contributed by atoms with van der Waals surface area (Å²) in [4.78, 5) is 16.3. The van der Waals surface area contributed by atoms with E-state index in [-0.39, 0.29) is 11.3 Å². The van der Waals surface area contributed by atoms with Gasteiger partial charge < -0.3 is 5.32 Å². The van der Waals surface area contributed by atoms with E-state index in [0.29, 0.717) is 6.42 Å². The zero-order chi connectivity index (χ0) is 13.2. The highest BCUT2D eigenvalue weighted by atomic mass is 16.1. The van der Waals surface area contributed by atoms with E-state index in [1.807, 2.05) is 0 Å². The Labute approximate surface area is 109 Å². The number of nitrogens with zero attached hydrogens (tertiary/aromatic N) is 1. The SMILES string of the molecule is CC(C)(C)CC(=O)Nc1nccc2c1CCCC2. The highest BCUT2D eigenvalue weighted by Gasteiger charge is 2.19. The van der Waals surface area contributed by atoms with E-state index >= 15 is 0 Å². The average molecular weight is 246 g/mol. The zero-order valence-electron chi connectivity index (χ0n) is 11.5. The first-order valence-corrected chi connectivity index (χ1v) is 6.72. The van der Waals surface area contributed by atoms with E-state index in [1.165, 1.54) is 24.0 Å². The molecule has 0 spiro atoms. The van der Waals surface area contributed by atoms with Crippen molar-refractivity contribution in [3.8, 4) is 0 Å². The minimum atomic E-state index is 0.0128. The molecule has 1 N–H and O–H groups in total. The summed E-state index contributed by atoms with van der Waals surface area (Å²) in [6, 6.07) is 2.08. The number of rotatable bonds is 2. The highest BCUT2D eigenvalue weighted by molar-refractivity contribution is 5.91. The fourth-order valence-corrected chi connectivity index (χ4v) is 2.43. The molecule has 0 radical (unpaired) electrons. The number of fused-ring (bicyclic) bond motifs is 1. The molecule has 0 unspecified atom stereocenters. The van der Waals surface area contributed by atoms with E-state index in [0.717, 1.165) is 18.7 Å². The van der Waals surface area contributed by atoms with Gasteiger partial charge in [0, 0.05) is 12.6 Å². The van der Waals surface area contributed by atoms with Crippen molar-refractivity contribution in [3.63, 3.8) is 0 Å². The summed E-state index contributed by atoms with van der Waals surface area (Å²) in [6.45, 7) is 6.21. The van der Waals surface area contributed by atoms with Crippen LogP contribution in [0.4, 0.5) is 5.82 Å². The molecule has 0 atom stereocenters. The molecule has 1 amide bonds. The van der Waals surface area contributed by atoms with Gasteiger partial charge in [-0.2, -0.15) is 0 Å². The molecule has 1 aromatic rings. The molecule has 1 aromatic heterocycles. The van der Waals surface area contributed by atoms with Gasteiger partial charge in [-0.3, -0.25) is 4.79 Å². The number of carbonyl (C=O) groups excluding carboxylic acids is 1. The van der Waals surface area contributed by atoms with Crippen LogP contribution in [0, 0.1) is 5.41 Å². The number of anilines is 1. The number of nitrogens with one attached hydrogen (secondary N) is 1. The predicted octanol–water partition coefficient (Wildman–Crippen LogP) is 3.34. The quantitative estimate of drug-likeness (QED) is 0.869. The fourth-order valence-electron chi connectivity index (χ4n) is 2.43. The zero-order valence-corrected chi connectivity index (χ0v) is 11.5. The number of hydrogen-bond acceptors (Lipinski definition) is 2. The molecule has 0 fully saturated rings. The van der Waals surface area contributed by atoms with Gasteiger partial charge in [-0.1, -0.05) is 20.8 Å². The van der Waals surface area contributed by atoms with Gasteiger partial charge in [-0.05, 0) is 48.3 Å². The molecular weight excluding hydrogens is 224 g/mol. The molecule has 1 heterocycles. The van der Waals surface area contributed by atoms with E-state index in [1.54, 1.807) is 6.20 Å². The van der Waals surface area contributed by atoms with Crippen LogP contribution < -0.4 is 5.32 Å². The molecule has 0 saturated carbocycles. The molecule has 2 rings (SSSR count).